The molecule has 7 nitrogen and oxygen atoms in total. The minimum atomic E-state index is -0.537. The highest BCUT2D eigenvalue weighted by molar-refractivity contribution is 5.93. The van der Waals surface area contributed by atoms with Crippen LogP contribution >= 0.6 is 0 Å². The first-order valence-electron chi connectivity index (χ1n) is 8.44. The lowest BCUT2D eigenvalue weighted by atomic mass is 10.1. The normalized spacial score (nSPS) is 11.1. The topological polar surface area (TPSA) is 102 Å². The van der Waals surface area contributed by atoms with E-state index in [1.54, 1.807) is 12.3 Å². The first-order valence-corrected chi connectivity index (χ1v) is 8.44. The molecule has 1 N–H and O–H groups in total. The summed E-state index contributed by atoms with van der Waals surface area (Å²) in [6, 6.07) is 18.9. The Kier molecular flexibility index (Phi) is 4.47. The Bertz CT molecular complexity index is 1220. The predicted octanol–water partition coefficient (Wildman–Crippen LogP) is 4.66. The summed E-state index contributed by atoms with van der Waals surface area (Å²) in [4.78, 5) is 23.6. The Hall–Kier alpha value is -4.13. The van der Waals surface area contributed by atoms with Crippen LogP contribution in [0.5, 0.6) is 5.75 Å². The van der Waals surface area contributed by atoms with Crippen LogP contribution in [0.1, 0.15) is 5.69 Å². The number of aliphatic imine (C=N–C) groups is 1. The number of nitrogens with zero attached hydrogens (tertiary/aromatic N) is 4. The van der Waals surface area contributed by atoms with E-state index in [0.29, 0.717) is 5.69 Å². The van der Waals surface area contributed by atoms with E-state index in [4.69, 9.17) is 0 Å². The third-order valence-electron chi connectivity index (χ3n) is 4.19. The van der Waals surface area contributed by atoms with Gasteiger partial charge < -0.3 is 5.11 Å². The van der Waals surface area contributed by atoms with Crippen LogP contribution in [0, 0.1) is 10.1 Å². The lowest BCUT2D eigenvalue weighted by molar-refractivity contribution is -0.384. The van der Waals surface area contributed by atoms with Gasteiger partial charge in [0.25, 0.3) is 5.69 Å². The molecule has 0 amide bonds. The van der Waals surface area contributed by atoms with Crippen molar-refractivity contribution in [2.75, 3.05) is 0 Å². The number of phenols is 1. The fourth-order valence-corrected chi connectivity index (χ4v) is 2.85. The molecule has 0 saturated carbocycles. The summed E-state index contributed by atoms with van der Waals surface area (Å²) < 4.78 is 0. The maximum atomic E-state index is 10.9. The molecule has 0 aliphatic heterocycles. The van der Waals surface area contributed by atoms with E-state index in [9.17, 15) is 15.2 Å². The SMILES string of the molecule is O=[N+]([O-])c1ccc(O)c(/N=C/c2cccc(-c3cccc4cccnc34)n2)c1. The molecule has 0 aliphatic rings. The van der Waals surface area contributed by atoms with Crippen molar-refractivity contribution in [1.82, 2.24) is 9.97 Å². The number of hydrogen-bond donors (Lipinski definition) is 1. The molecule has 0 saturated heterocycles. The van der Waals surface area contributed by atoms with Gasteiger partial charge in [-0.15, -0.1) is 0 Å². The van der Waals surface area contributed by atoms with Gasteiger partial charge in [-0.05, 0) is 24.3 Å². The van der Waals surface area contributed by atoms with E-state index in [1.165, 1.54) is 24.4 Å². The number of nitro benzene ring substituents is 1. The van der Waals surface area contributed by atoms with E-state index in [1.807, 2.05) is 42.5 Å². The van der Waals surface area contributed by atoms with E-state index in [-0.39, 0.29) is 17.1 Å². The molecular weight excluding hydrogens is 356 g/mol. The quantitative estimate of drug-likeness (QED) is 0.320. The molecule has 0 fully saturated rings. The Morgan fingerprint density at radius 1 is 1.04 bits per heavy atom. The molecule has 0 unspecified atom stereocenters. The number of phenolic OH excluding ortho intramolecular Hbond substituents is 1. The number of non-ortho nitro benzene ring substituents is 1. The van der Waals surface area contributed by atoms with Crippen LogP contribution in [0.2, 0.25) is 0 Å². The molecule has 2 heterocycles. The van der Waals surface area contributed by atoms with Gasteiger partial charge in [0, 0.05) is 29.3 Å². The fraction of sp³-hybridized carbons (Fsp3) is 0. The smallest absolute Gasteiger partial charge is 0.271 e. The minimum Gasteiger partial charge on any atom is -0.506 e. The summed E-state index contributed by atoms with van der Waals surface area (Å²) in [6.45, 7) is 0. The Labute approximate surface area is 159 Å². The largest absolute Gasteiger partial charge is 0.506 e. The van der Waals surface area contributed by atoms with Crippen LogP contribution in [0.25, 0.3) is 22.2 Å². The van der Waals surface area contributed by atoms with Crippen LogP contribution in [0.4, 0.5) is 11.4 Å². The minimum absolute atomic E-state index is 0.105. The molecular formula is C21H14N4O3. The number of para-hydroxylation sites is 1. The number of fused-ring (bicyclic) bond motifs is 1. The van der Waals surface area contributed by atoms with Crippen molar-refractivity contribution in [2.45, 2.75) is 0 Å². The van der Waals surface area contributed by atoms with E-state index >= 15 is 0 Å². The molecule has 4 rings (SSSR count). The second kappa shape index (κ2) is 7.24. The number of hydrogen-bond acceptors (Lipinski definition) is 6. The average molecular weight is 370 g/mol. The second-order valence-electron chi connectivity index (χ2n) is 6.02. The summed E-state index contributed by atoms with van der Waals surface area (Å²) in [7, 11) is 0. The van der Waals surface area contributed by atoms with Crippen molar-refractivity contribution in [3.05, 3.63) is 88.7 Å². The summed E-state index contributed by atoms with van der Waals surface area (Å²) in [5.41, 5.74) is 2.99. The van der Waals surface area contributed by atoms with Gasteiger partial charge in [0.05, 0.1) is 28.0 Å². The lowest BCUT2D eigenvalue weighted by Gasteiger charge is -2.06. The van der Waals surface area contributed by atoms with Gasteiger partial charge in [0.2, 0.25) is 0 Å². The Balaban J connectivity index is 1.71. The summed E-state index contributed by atoms with van der Waals surface area (Å²) in [5, 5.41) is 21.8. The summed E-state index contributed by atoms with van der Waals surface area (Å²) in [5.74, 6) is -0.142. The van der Waals surface area contributed by atoms with Crippen LogP contribution in [-0.4, -0.2) is 26.2 Å². The fourth-order valence-electron chi connectivity index (χ4n) is 2.85. The number of aromatic hydroxyl groups is 1. The van der Waals surface area contributed by atoms with E-state index in [2.05, 4.69) is 15.0 Å². The van der Waals surface area contributed by atoms with Crippen molar-refractivity contribution in [1.29, 1.82) is 0 Å². The highest BCUT2D eigenvalue weighted by Gasteiger charge is 2.10. The van der Waals surface area contributed by atoms with Gasteiger partial charge in [-0.1, -0.05) is 30.3 Å². The number of benzene rings is 2. The molecule has 4 aromatic rings. The zero-order valence-corrected chi connectivity index (χ0v) is 14.6. The molecule has 0 aliphatic carbocycles. The maximum absolute atomic E-state index is 10.9. The van der Waals surface area contributed by atoms with E-state index < -0.39 is 4.92 Å². The van der Waals surface area contributed by atoms with Crippen LogP contribution in [-0.2, 0) is 0 Å². The van der Waals surface area contributed by atoms with Gasteiger partial charge in [-0.3, -0.25) is 20.1 Å². The number of pyridine rings is 2. The van der Waals surface area contributed by atoms with Crippen molar-refractivity contribution in [2.24, 2.45) is 4.99 Å². The van der Waals surface area contributed by atoms with Crippen molar-refractivity contribution < 1.29 is 10.0 Å². The molecule has 0 atom stereocenters. The standard InChI is InChI=1S/C21H14N4O3/c26-20-10-9-16(25(27)28)12-19(20)23-13-15-6-2-8-18(24-15)17-7-1-4-14-5-3-11-22-21(14)17/h1-13,26H/b23-13+. The van der Waals surface area contributed by atoms with E-state index in [0.717, 1.165) is 22.2 Å². The summed E-state index contributed by atoms with van der Waals surface area (Å²) >= 11 is 0. The highest BCUT2D eigenvalue weighted by Crippen LogP contribution is 2.30. The zero-order chi connectivity index (χ0) is 19.5. The highest BCUT2D eigenvalue weighted by atomic mass is 16.6. The van der Waals surface area contributed by atoms with Crippen molar-refractivity contribution in [3.8, 4) is 17.0 Å². The van der Waals surface area contributed by atoms with Crippen LogP contribution in [0.15, 0.2) is 77.9 Å². The van der Waals surface area contributed by atoms with Crippen molar-refractivity contribution >= 4 is 28.5 Å². The van der Waals surface area contributed by atoms with Crippen LogP contribution in [0.3, 0.4) is 0 Å². The third-order valence-corrected chi connectivity index (χ3v) is 4.19. The predicted molar refractivity (Wildman–Crippen MR) is 107 cm³/mol. The maximum Gasteiger partial charge on any atom is 0.271 e. The average Bonchev–Trinajstić information content (AvgIpc) is 2.73. The third kappa shape index (κ3) is 3.41. The van der Waals surface area contributed by atoms with Gasteiger partial charge in [-0.2, -0.15) is 0 Å². The number of nitro groups is 1. The molecule has 28 heavy (non-hydrogen) atoms. The molecule has 0 spiro atoms. The molecule has 0 bridgehead atoms. The molecule has 2 aromatic carbocycles. The first-order chi connectivity index (χ1) is 13.6. The Morgan fingerprint density at radius 3 is 2.71 bits per heavy atom. The monoisotopic (exact) mass is 370 g/mol. The van der Waals surface area contributed by atoms with Gasteiger partial charge in [0.15, 0.2) is 0 Å². The molecule has 2 aromatic heterocycles. The Morgan fingerprint density at radius 2 is 1.86 bits per heavy atom. The summed E-state index contributed by atoms with van der Waals surface area (Å²) in [6.07, 6.45) is 3.20. The molecule has 136 valence electrons. The molecule has 0 radical (unpaired) electrons. The van der Waals surface area contributed by atoms with Gasteiger partial charge in [-0.25, -0.2) is 4.98 Å². The molecule has 7 heteroatoms. The second-order valence-corrected chi connectivity index (χ2v) is 6.02. The zero-order valence-electron chi connectivity index (χ0n) is 14.6. The van der Waals surface area contributed by atoms with Gasteiger partial charge >= 0.3 is 0 Å². The first kappa shape index (κ1) is 17.3. The lowest BCUT2D eigenvalue weighted by Crippen LogP contribution is -1.92. The number of aromatic nitrogens is 2. The number of rotatable bonds is 4. The van der Waals surface area contributed by atoms with Crippen LogP contribution < -0.4 is 0 Å². The van der Waals surface area contributed by atoms with Crippen molar-refractivity contribution in [3.63, 3.8) is 0 Å². The van der Waals surface area contributed by atoms with Gasteiger partial charge in [0.1, 0.15) is 11.4 Å².